The Balaban J connectivity index is 1.87. The van der Waals surface area contributed by atoms with Gasteiger partial charge in [0.1, 0.15) is 5.75 Å². The minimum Gasteiger partial charge on any atom is -0.495 e. The van der Waals surface area contributed by atoms with E-state index in [0.717, 1.165) is 5.56 Å². The average molecular weight is 391 g/mol. The maximum Gasteiger partial charge on any atom is 0.313 e. The number of methoxy groups -OCH3 is 1. The van der Waals surface area contributed by atoms with E-state index in [-0.39, 0.29) is 6.54 Å². The molecule has 1 unspecified atom stereocenters. The Hall–Kier alpha value is -2.57. The van der Waals surface area contributed by atoms with Crippen molar-refractivity contribution in [2.45, 2.75) is 25.4 Å². The molecule has 2 aromatic rings. The lowest BCUT2D eigenvalue weighted by Gasteiger charge is -2.23. The minimum atomic E-state index is -1.14. The number of aryl methyl sites for hydroxylation is 1. The van der Waals surface area contributed by atoms with Crippen LogP contribution in [0.1, 0.15) is 18.9 Å². The van der Waals surface area contributed by atoms with E-state index in [4.69, 9.17) is 16.3 Å². The molecule has 7 heteroatoms. The average Bonchev–Trinajstić information content (AvgIpc) is 2.65. The highest BCUT2D eigenvalue weighted by molar-refractivity contribution is 6.40. The predicted molar refractivity (Wildman–Crippen MR) is 105 cm³/mol. The van der Waals surface area contributed by atoms with Crippen molar-refractivity contribution in [3.05, 3.63) is 59.1 Å². The molecule has 0 fully saturated rings. The Morgan fingerprint density at radius 1 is 1.15 bits per heavy atom. The molecule has 0 bridgehead atoms. The molecule has 0 aromatic heterocycles. The molecule has 2 aromatic carbocycles. The lowest BCUT2D eigenvalue weighted by molar-refractivity contribution is -0.136. The van der Waals surface area contributed by atoms with Gasteiger partial charge in [0.2, 0.25) is 0 Å². The molecule has 0 saturated heterocycles. The van der Waals surface area contributed by atoms with E-state index in [9.17, 15) is 14.7 Å². The van der Waals surface area contributed by atoms with Crippen LogP contribution in [-0.4, -0.2) is 36.2 Å². The van der Waals surface area contributed by atoms with Crippen molar-refractivity contribution in [1.82, 2.24) is 5.32 Å². The zero-order chi connectivity index (χ0) is 19.9. The first-order valence-electron chi connectivity index (χ1n) is 8.50. The molecule has 0 aliphatic carbocycles. The number of halogens is 1. The van der Waals surface area contributed by atoms with Gasteiger partial charge in [0.25, 0.3) is 0 Å². The van der Waals surface area contributed by atoms with Crippen molar-refractivity contribution in [2.75, 3.05) is 19.0 Å². The third kappa shape index (κ3) is 6.58. The number of carbonyl (C=O) groups excluding carboxylic acids is 2. The largest absolute Gasteiger partial charge is 0.495 e. The van der Waals surface area contributed by atoms with Gasteiger partial charge < -0.3 is 20.5 Å². The lowest BCUT2D eigenvalue weighted by Crippen LogP contribution is -2.44. The zero-order valence-electron chi connectivity index (χ0n) is 15.3. The number of rotatable bonds is 7. The second kappa shape index (κ2) is 9.39. The quantitative estimate of drug-likeness (QED) is 0.634. The summed E-state index contributed by atoms with van der Waals surface area (Å²) < 4.78 is 5.12. The van der Waals surface area contributed by atoms with Crippen LogP contribution in [0.25, 0.3) is 0 Å². The van der Waals surface area contributed by atoms with E-state index in [1.54, 1.807) is 19.1 Å². The Morgan fingerprint density at radius 2 is 1.85 bits per heavy atom. The number of carbonyl (C=O) groups is 2. The Labute approximate surface area is 163 Å². The normalized spacial score (nSPS) is 12.7. The molecule has 2 amide bonds. The van der Waals surface area contributed by atoms with Crippen LogP contribution >= 0.6 is 11.6 Å². The highest BCUT2D eigenvalue weighted by atomic mass is 35.5. The fourth-order valence-corrected chi connectivity index (χ4v) is 2.63. The summed E-state index contributed by atoms with van der Waals surface area (Å²) in [5.74, 6) is -1.33. The molecule has 0 aliphatic heterocycles. The Morgan fingerprint density at radius 3 is 2.52 bits per heavy atom. The van der Waals surface area contributed by atoms with Gasteiger partial charge >= 0.3 is 11.8 Å². The SMILES string of the molecule is COc1ccc(Cl)cc1NC(=O)C(=O)NCC(C)(O)CCc1ccccc1. The number of anilines is 1. The first-order valence-corrected chi connectivity index (χ1v) is 8.87. The summed E-state index contributed by atoms with van der Waals surface area (Å²) in [6, 6.07) is 14.4. The number of hydrogen-bond donors (Lipinski definition) is 3. The van der Waals surface area contributed by atoms with E-state index < -0.39 is 17.4 Å². The molecule has 6 nitrogen and oxygen atoms in total. The molecular weight excluding hydrogens is 368 g/mol. The summed E-state index contributed by atoms with van der Waals surface area (Å²) >= 11 is 5.90. The standard InChI is InChI=1S/C20H23ClN2O4/c1-20(26,11-10-14-6-4-3-5-7-14)13-22-18(24)19(25)23-16-12-15(21)8-9-17(16)27-2/h3-9,12,26H,10-11,13H2,1-2H3,(H,22,24)(H,23,25). The smallest absolute Gasteiger partial charge is 0.313 e. The van der Waals surface area contributed by atoms with Crippen LogP contribution in [0.15, 0.2) is 48.5 Å². The summed E-state index contributed by atoms with van der Waals surface area (Å²) in [6.07, 6.45) is 1.11. The van der Waals surface area contributed by atoms with E-state index in [0.29, 0.717) is 29.3 Å². The van der Waals surface area contributed by atoms with Crippen LogP contribution in [0, 0.1) is 0 Å². The first-order chi connectivity index (χ1) is 12.8. The molecule has 3 N–H and O–H groups in total. The number of amides is 2. The van der Waals surface area contributed by atoms with Gasteiger partial charge in [-0.15, -0.1) is 0 Å². The van der Waals surface area contributed by atoms with Gasteiger partial charge in [-0.1, -0.05) is 41.9 Å². The van der Waals surface area contributed by atoms with Crippen LogP contribution in [0.2, 0.25) is 5.02 Å². The summed E-state index contributed by atoms with van der Waals surface area (Å²) in [7, 11) is 1.45. The van der Waals surface area contributed by atoms with Gasteiger partial charge in [-0.3, -0.25) is 9.59 Å². The van der Waals surface area contributed by atoms with Crippen LogP contribution < -0.4 is 15.4 Å². The van der Waals surface area contributed by atoms with Crippen molar-refractivity contribution in [1.29, 1.82) is 0 Å². The summed E-state index contributed by atoms with van der Waals surface area (Å²) in [6.45, 7) is 1.58. The van der Waals surface area contributed by atoms with E-state index in [2.05, 4.69) is 10.6 Å². The van der Waals surface area contributed by atoms with Crippen molar-refractivity contribution in [3.8, 4) is 5.75 Å². The summed E-state index contributed by atoms with van der Waals surface area (Å²) in [5, 5.41) is 15.7. The van der Waals surface area contributed by atoms with Gasteiger partial charge in [-0.25, -0.2) is 0 Å². The van der Waals surface area contributed by atoms with Crippen molar-refractivity contribution in [3.63, 3.8) is 0 Å². The number of aliphatic hydroxyl groups is 1. The molecule has 1 atom stereocenters. The lowest BCUT2D eigenvalue weighted by atomic mass is 9.97. The fraction of sp³-hybridized carbons (Fsp3) is 0.300. The van der Waals surface area contributed by atoms with Gasteiger partial charge in [-0.2, -0.15) is 0 Å². The van der Waals surface area contributed by atoms with Gasteiger partial charge in [-0.05, 0) is 43.5 Å². The highest BCUT2D eigenvalue weighted by Gasteiger charge is 2.23. The molecule has 0 heterocycles. The first kappa shape index (κ1) is 20.7. The van der Waals surface area contributed by atoms with Crippen LogP contribution in [0.3, 0.4) is 0 Å². The third-order valence-electron chi connectivity index (χ3n) is 4.04. The molecule has 0 radical (unpaired) electrons. The maximum absolute atomic E-state index is 12.1. The van der Waals surface area contributed by atoms with Crippen LogP contribution in [-0.2, 0) is 16.0 Å². The third-order valence-corrected chi connectivity index (χ3v) is 4.28. The van der Waals surface area contributed by atoms with Crippen molar-refractivity contribution >= 4 is 29.1 Å². The molecular formula is C20H23ClN2O4. The molecule has 0 aliphatic rings. The number of hydrogen-bond acceptors (Lipinski definition) is 4. The fourth-order valence-electron chi connectivity index (χ4n) is 2.45. The van der Waals surface area contributed by atoms with Gasteiger partial charge in [0.05, 0.1) is 18.4 Å². The second-order valence-electron chi connectivity index (χ2n) is 6.46. The number of benzene rings is 2. The molecule has 2 rings (SSSR count). The van der Waals surface area contributed by atoms with E-state index in [1.165, 1.54) is 13.2 Å². The number of nitrogens with one attached hydrogen (secondary N) is 2. The second-order valence-corrected chi connectivity index (χ2v) is 6.90. The van der Waals surface area contributed by atoms with Crippen LogP contribution in [0.5, 0.6) is 5.75 Å². The molecule has 0 saturated carbocycles. The summed E-state index contributed by atoms with van der Waals surface area (Å²) in [5.41, 5.74) is 0.246. The zero-order valence-corrected chi connectivity index (χ0v) is 16.0. The molecule has 144 valence electrons. The van der Waals surface area contributed by atoms with Gasteiger partial charge in [0.15, 0.2) is 0 Å². The van der Waals surface area contributed by atoms with Gasteiger partial charge in [0, 0.05) is 11.6 Å². The van der Waals surface area contributed by atoms with E-state index in [1.807, 2.05) is 30.3 Å². The van der Waals surface area contributed by atoms with Crippen molar-refractivity contribution in [2.24, 2.45) is 0 Å². The monoisotopic (exact) mass is 390 g/mol. The summed E-state index contributed by atoms with van der Waals surface area (Å²) in [4.78, 5) is 24.1. The topological polar surface area (TPSA) is 87.7 Å². The predicted octanol–water partition coefficient (Wildman–Crippen LogP) is 2.79. The highest BCUT2D eigenvalue weighted by Crippen LogP contribution is 2.27. The van der Waals surface area contributed by atoms with Crippen LogP contribution in [0.4, 0.5) is 5.69 Å². The number of ether oxygens (including phenoxy) is 1. The van der Waals surface area contributed by atoms with Crippen molar-refractivity contribution < 1.29 is 19.4 Å². The minimum absolute atomic E-state index is 0.0429. The molecule has 27 heavy (non-hydrogen) atoms. The Kier molecular flexibility index (Phi) is 7.21. The maximum atomic E-state index is 12.1. The van der Waals surface area contributed by atoms with E-state index >= 15 is 0 Å². The Bertz CT molecular complexity index is 794. The molecule has 0 spiro atoms.